The lowest BCUT2D eigenvalue weighted by Crippen LogP contribution is -2.17. The summed E-state index contributed by atoms with van der Waals surface area (Å²) in [6.45, 7) is 3.33. The van der Waals surface area contributed by atoms with Gasteiger partial charge in [0.1, 0.15) is 5.82 Å². The lowest BCUT2D eigenvalue weighted by Gasteiger charge is -2.10. The molecule has 0 saturated carbocycles. The predicted octanol–water partition coefficient (Wildman–Crippen LogP) is 2.80. The molecule has 2 rings (SSSR count). The van der Waals surface area contributed by atoms with Crippen LogP contribution in [-0.4, -0.2) is 28.6 Å². The van der Waals surface area contributed by atoms with Crippen molar-refractivity contribution in [1.82, 2.24) is 4.98 Å². The number of nitrogens with zero attached hydrogens (tertiary/aromatic N) is 1. The first kappa shape index (κ1) is 17.3. The number of aryl methyl sites for hydroxylation is 1. The Morgan fingerprint density at radius 2 is 1.96 bits per heavy atom. The average Bonchev–Trinajstić information content (AvgIpc) is 2.53. The summed E-state index contributed by atoms with van der Waals surface area (Å²) < 4.78 is 31.5. The van der Waals surface area contributed by atoms with Gasteiger partial charge in [-0.05, 0) is 19.9 Å². The molecule has 1 amide bonds. The number of phenolic OH excluding ortho intramolecular Hbond substituents is 1. The van der Waals surface area contributed by atoms with E-state index < -0.39 is 34.9 Å². The fraction of sp³-hybridized carbons (Fsp3) is 0.188. The molecule has 0 atom stereocenters. The number of halogens is 2. The van der Waals surface area contributed by atoms with E-state index in [1.165, 1.54) is 19.2 Å². The van der Waals surface area contributed by atoms with Gasteiger partial charge >= 0.3 is 5.97 Å². The molecule has 0 spiro atoms. The Hall–Kier alpha value is -3.03. The first-order valence-electron chi connectivity index (χ1n) is 6.96. The highest BCUT2D eigenvalue weighted by atomic mass is 19.1. The smallest absolute Gasteiger partial charge is 0.339 e. The molecule has 8 heteroatoms. The van der Waals surface area contributed by atoms with Crippen LogP contribution in [0.15, 0.2) is 24.4 Å². The number of nitrogens with one attached hydrogen (secondary N) is 1. The molecule has 1 aromatic heterocycles. The van der Waals surface area contributed by atoms with Gasteiger partial charge in [0.05, 0.1) is 29.1 Å². The maximum absolute atomic E-state index is 13.7. The molecule has 0 aliphatic rings. The zero-order valence-electron chi connectivity index (χ0n) is 12.9. The van der Waals surface area contributed by atoms with E-state index in [9.17, 15) is 23.5 Å². The molecule has 0 fully saturated rings. The SMILES string of the molecule is CCOC(=O)c1cnc(C)c(C(=O)Nc2cc(O)c(F)cc2F)c1. The third-order valence-corrected chi connectivity index (χ3v) is 3.13. The standard InChI is InChI=1S/C16H14F2N2O4/c1-3-24-16(23)9-4-10(8(2)19-7-9)15(22)20-13-6-14(21)12(18)5-11(13)17/h4-7,21H,3H2,1-2H3,(H,20,22). The number of esters is 1. The Morgan fingerprint density at radius 3 is 2.62 bits per heavy atom. The number of hydrogen-bond acceptors (Lipinski definition) is 5. The summed E-state index contributed by atoms with van der Waals surface area (Å²) in [5, 5.41) is 11.5. The van der Waals surface area contributed by atoms with Crippen LogP contribution in [0.1, 0.15) is 33.3 Å². The summed E-state index contributed by atoms with van der Waals surface area (Å²) in [5.41, 5.74) is -0.0223. The molecular formula is C16H14F2N2O4. The number of aromatic nitrogens is 1. The minimum absolute atomic E-state index is 0.0174. The summed E-state index contributed by atoms with van der Waals surface area (Å²) in [4.78, 5) is 27.9. The Bertz CT molecular complexity index is 809. The van der Waals surface area contributed by atoms with Gasteiger partial charge in [-0.25, -0.2) is 13.6 Å². The molecular weight excluding hydrogens is 322 g/mol. The lowest BCUT2D eigenvalue weighted by molar-refractivity contribution is 0.0526. The zero-order valence-corrected chi connectivity index (χ0v) is 12.9. The van der Waals surface area contributed by atoms with Crippen LogP contribution in [-0.2, 0) is 4.74 Å². The molecule has 6 nitrogen and oxygen atoms in total. The largest absolute Gasteiger partial charge is 0.505 e. The van der Waals surface area contributed by atoms with Crippen molar-refractivity contribution in [1.29, 1.82) is 0 Å². The van der Waals surface area contributed by atoms with Crippen molar-refractivity contribution in [3.63, 3.8) is 0 Å². The van der Waals surface area contributed by atoms with E-state index >= 15 is 0 Å². The summed E-state index contributed by atoms with van der Waals surface area (Å²) in [6.07, 6.45) is 1.26. The molecule has 0 unspecified atom stereocenters. The molecule has 1 heterocycles. The van der Waals surface area contributed by atoms with E-state index in [0.717, 1.165) is 6.07 Å². The van der Waals surface area contributed by atoms with Crippen molar-refractivity contribution >= 4 is 17.6 Å². The fourth-order valence-corrected chi connectivity index (χ4v) is 1.91. The van der Waals surface area contributed by atoms with Gasteiger partial charge in [0.2, 0.25) is 0 Å². The molecule has 0 saturated heterocycles. The van der Waals surface area contributed by atoms with Crippen LogP contribution in [0.4, 0.5) is 14.5 Å². The Kier molecular flexibility index (Phi) is 5.08. The minimum atomic E-state index is -1.15. The van der Waals surface area contributed by atoms with Gasteiger partial charge in [-0.2, -0.15) is 0 Å². The lowest BCUT2D eigenvalue weighted by atomic mass is 10.1. The van der Waals surface area contributed by atoms with Gasteiger partial charge in [0, 0.05) is 18.3 Å². The van der Waals surface area contributed by atoms with Crippen molar-refractivity contribution < 1.29 is 28.2 Å². The summed E-state index contributed by atoms with van der Waals surface area (Å²) in [7, 11) is 0. The first-order chi connectivity index (χ1) is 11.3. The monoisotopic (exact) mass is 336 g/mol. The Morgan fingerprint density at radius 1 is 1.25 bits per heavy atom. The summed E-state index contributed by atoms with van der Waals surface area (Å²) in [6, 6.07) is 2.46. The second kappa shape index (κ2) is 7.03. The number of ether oxygens (including phenoxy) is 1. The highest BCUT2D eigenvalue weighted by molar-refractivity contribution is 6.06. The maximum atomic E-state index is 13.7. The van der Waals surface area contributed by atoms with Gasteiger partial charge in [-0.3, -0.25) is 9.78 Å². The predicted molar refractivity (Wildman–Crippen MR) is 80.9 cm³/mol. The average molecular weight is 336 g/mol. The highest BCUT2D eigenvalue weighted by Gasteiger charge is 2.17. The number of hydrogen-bond donors (Lipinski definition) is 2. The van der Waals surface area contributed by atoms with Gasteiger partial charge < -0.3 is 15.2 Å². The van der Waals surface area contributed by atoms with Crippen LogP contribution >= 0.6 is 0 Å². The van der Waals surface area contributed by atoms with Gasteiger partial charge in [0.25, 0.3) is 5.91 Å². The van der Waals surface area contributed by atoms with Crippen LogP contribution in [0.3, 0.4) is 0 Å². The third kappa shape index (κ3) is 3.65. The fourth-order valence-electron chi connectivity index (χ4n) is 1.91. The maximum Gasteiger partial charge on any atom is 0.339 e. The van der Waals surface area contributed by atoms with Gasteiger partial charge in [-0.15, -0.1) is 0 Å². The second-order valence-electron chi connectivity index (χ2n) is 4.82. The summed E-state index contributed by atoms with van der Waals surface area (Å²) >= 11 is 0. The number of phenols is 1. The normalized spacial score (nSPS) is 10.3. The van der Waals surface area contributed by atoms with E-state index in [2.05, 4.69) is 10.3 Å². The zero-order chi connectivity index (χ0) is 17.9. The Balaban J connectivity index is 2.31. The van der Waals surface area contributed by atoms with Crippen LogP contribution < -0.4 is 5.32 Å². The number of aromatic hydroxyl groups is 1. The molecule has 126 valence electrons. The van der Waals surface area contributed by atoms with E-state index in [4.69, 9.17) is 4.74 Å². The minimum Gasteiger partial charge on any atom is -0.505 e. The van der Waals surface area contributed by atoms with Crippen molar-refractivity contribution in [2.24, 2.45) is 0 Å². The number of amides is 1. The van der Waals surface area contributed by atoms with Crippen LogP contribution in [0.2, 0.25) is 0 Å². The second-order valence-corrected chi connectivity index (χ2v) is 4.82. The van der Waals surface area contributed by atoms with Crippen molar-refractivity contribution in [3.8, 4) is 5.75 Å². The molecule has 0 aliphatic heterocycles. The molecule has 1 aromatic carbocycles. The van der Waals surface area contributed by atoms with E-state index in [0.29, 0.717) is 11.8 Å². The van der Waals surface area contributed by atoms with E-state index in [1.54, 1.807) is 6.92 Å². The molecule has 0 aliphatic carbocycles. The topological polar surface area (TPSA) is 88.5 Å². The number of rotatable bonds is 4. The van der Waals surface area contributed by atoms with Crippen molar-refractivity contribution in [3.05, 3.63) is 52.9 Å². The first-order valence-corrected chi connectivity index (χ1v) is 6.96. The number of pyridine rings is 1. The van der Waals surface area contributed by atoms with Crippen molar-refractivity contribution in [2.45, 2.75) is 13.8 Å². The number of carbonyl (C=O) groups is 2. The summed E-state index contributed by atoms with van der Waals surface area (Å²) in [5.74, 6) is -4.42. The molecule has 0 bridgehead atoms. The molecule has 2 aromatic rings. The van der Waals surface area contributed by atoms with Gasteiger partial charge in [0.15, 0.2) is 11.6 Å². The van der Waals surface area contributed by atoms with Gasteiger partial charge in [-0.1, -0.05) is 0 Å². The molecule has 0 radical (unpaired) electrons. The molecule has 24 heavy (non-hydrogen) atoms. The Labute approximate surface area is 136 Å². The third-order valence-electron chi connectivity index (χ3n) is 3.13. The number of carbonyl (C=O) groups excluding carboxylic acids is 2. The van der Waals surface area contributed by atoms with Crippen molar-refractivity contribution in [2.75, 3.05) is 11.9 Å². The number of benzene rings is 1. The molecule has 2 N–H and O–H groups in total. The quantitative estimate of drug-likeness (QED) is 0.838. The number of anilines is 1. The van der Waals surface area contributed by atoms with E-state index in [-0.39, 0.29) is 17.7 Å². The van der Waals surface area contributed by atoms with Crippen LogP contribution in [0.5, 0.6) is 5.75 Å². The van der Waals surface area contributed by atoms with E-state index in [1.807, 2.05) is 0 Å². The van der Waals surface area contributed by atoms with Crippen LogP contribution in [0, 0.1) is 18.6 Å². The highest BCUT2D eigenvalue weighted by Crippen LogP contribution is 2.24. The van der Waals surface area contributed by atoms with Crippen LogP contribution in [0.25, 0.3) is 0 Å².